The van der Waals surface area contributed by atoms with Gasteiger partial charge in [0.15, 0.2) is 5.11 Å². The first-order valence-corrected chi connectivity index (χ1v) is 5.64. The van der Waals surface area contributed by atoms with E-state index >= 15 is 0 Å². The van der Waals surface area contributed by atoms with Gasteiger partial charge in [-0.25, -0.2) is 0 Å². The highest BCUT2D eigenvalue weighted by Gasteiger charge is 2.02. The van der Waals surface area contributed by atoms with Crippen molar-refractivity contribution in [2.24, 2.45) is 0 Å². The quantitative estimate of drug-likeness (QED) is 0.503. The van der Waals surface area contributed by atoms with E-state index in [0.717, 1.165) is 31.1 Å². The molecular weight excluding hydrogens is 196 g/mol. The first-order chi connectivity index (χ1) is 6.70. The number of ether oxygens (including phenoxy) is 1. The molecule has 3 nitrogen and oxygen atoms in total. The topological polar surface area (TPSA) is 33.3 Å². The van der Waals surface area contributed by atoms with Gasteiger partial charge in [0.25, 0.3) is 0 Å². The van der Waals surface area contributed by atoms with E-state index in [9.17, 15) is 0 Å². The maximum atomic E-state index is 5.13. The molecule has 0 saturated carbocycles. The summed E-state index contributed by atoms with van der Waals surface area (Å²) in [7, 11) is 1.71. The molecule has 14 heavy (non-hydrogen) atoms. The van der Waals surface area contributed by atoms with Crippen molar-refractivity contribution < 1.29 is 4.74 Å². The number of hydrogen-bond donors (Lipinski definition) is 2. The van der Waals surface area contributed by atoms with Crippen LogP contribution in [0.25, 0.3) is 0 Å². The molecule has 4 heteroatoms. The summed E-state index contributed by atoms with van der Waals surface area (Å²) in [4.78, 5) is 0. The maximum Gasteiger partial charge on any atom is 0.166 e. The van der Waals surface area contributed by atoms with Gasteiger partial charge >= 0.3 is 0 Å². The normalized spacial score (nSPS) is 12.2. The summed E-state index contributed by atoms with van der Waals surface area (Å²) in [5, 5.41) is 7.14. The van der Waals surface area contributed by atoms with E-state index in [0.29, 0.717) is 6.04 Å². The fraction of sp³-hybridized carbons (Fsp3) is 0.900. The molecular formula is C10H22N2OS. The van der Waals surface area contributed by atoms with Crippen molar-refractivity contribution in [2.75, 3.05) is 20.3 Å². The molecule has 0 aliphatic heterocycles. The van der Waals surface area contributed by atoms with Gasteiger partial charge in [-0.2, -0.15) is 0 Å². The number of unbranched alkanes of at least 4 members (excludes halogenated alkanes) is 1. The Morgan fingerprint density at radius 3 is 2.79 bits per heavy atom. The summed E-state index contributed by atoms with van der Waals surface area (Å²) in [6.45, 7) is 6.00. The van der Waals surface area contributed by atoms with E-state index in [-0.39, 0.29) is 0 Å². The molecule has 0 fully saturated rings. The molecule has 0 heterocycles. The van der Waals surface area contributed by atoms with Crippen molar-refractivity contribution in [3.05, 3.63) is 0 Å². The van der Waals surface area contributed by atoms with Crippen molar-refractivity contribution in [3.8, 4) is 0 Å². The number of thiocarbonyl (C=S) groups is 1. The predicted molar refractivity (Wildman–Crippen MR) is 64.6 cm³/mol. The monoisotopic (exact) mass is 218 g/mol. The standard InChI is InChI=1S/C10H22N2OS/c1-4-5-7-11-10(14)12-9(2)6-8-13-3/h9H,4-8H2,1-3H3,(H2,11,12,14). The Morgan fingerprint density at radius 2 is 2.21 bits per heavy atom. The lowest BCUT2D eigenvalue weighted by Crippen LogP contribution is -2.41. The largest absolute Gasteiger partial charge is 0.385 e. The molecule has 2 N–H and O–H groups in total. The van der Waals surface area contributed by atoms with Crippen molar-refractivity contribution in [1.29, 1.82) is 0 Å². The molecule has 1 atom stereocenters. The molecule has 0 radical (unpaired) electrons. The summed E-state index contributed by atoms with van der Waals surface area (Å²) in [5.41, 5.74) is 0. The molecule has 1 unspecified atom stereocenters. The van der Waals surface area contributed by atoms with Crippen LogP contribution in [-0.2, 0) is 4.74 Å². The van der Waals surface area contributed by atoms with Gasteiger partial charge in [-0.05, 0) is 32.0 Å². The van der Waals surface area contributed by atoms with E-state index in [1.165, 1.54) is 6.42 Å². The highest BCUT2D eigenvalue weighted by Crippen LogP contribution is 1.90. The molecule has 0 aromatic heterocycles. The Hall–Kier alpha value is -0.350. The Balaban J connectivity index is 3.40. The zero-order valence-corrected chi connectivity index (χ0v) is 10.2. The minimum absolute atomic E-state index is 0.372. The average Bonchev–Trinajstić information content (AvgIpc) is 2.15. The van der Waals surface area contributed by atoms with Crippen molar-refractivity contribution in [3.63, 3.8) is 0 Å². The molecule has 0 rings (SSSR count). The third-order valence-electron chi connectivity index (χ3n) is 1.95. The van der Waals surface area contributed by atoms with Crippen LogP contribution in [0.5, 0.6) is 0 Å². The third-order valence-corrected chi connectivity index (χ3v) is 2.21. The molecule has 0 aromatic rings. The lowest BCUT2D eigenvalue weighted by Gasteiger charge is -2.16. The third kappa shape index (κ3) is 8.26. The molecule has 0 saturated heterocycles. The van der Waals surface area contributed by atoms with Crippen LogP contribution in [0.15, 0.2) is 0 Å². The highest BCUT2D eigenvalue weighted by atomic mass is 32.1. The van der Waals surface area contributed by atoms with E-state index in [1.807, 2.05) is 0 Å². The van der Waals surface area contributed by atoms with Gasteiger partial charge in [0, 0.05) is 26.3 Å². The van der Waals surface area contributed by atoms with Crippen LogP contribution in [0.3, 0.4) is 0 Å². The summed E-state index contributed by atoms with van der Waals surface area (Å²) < 4.78 is 4.99. The zero-order valence-electron chi connectivity index (χ0n) is 9.43. The Bertz CT molecular complexity index is 153. The lowest BCUT2D eigenvalue weighted by atomic mass is 10.2. The van der Waals surface area contributed by atoms with E-state index in [2.05, 4.69) is 24.5 Å². The molecule has 84 valence electrons. The molecule has 0 aliphatic rings. The number of methoxy groups -OCH3 is 1. The summed E-state index contributed by atoms with van der Waals surface area (Å²) >= 11 is 5.13. The van der Waals surface area contributed by atoms with Crippen molar-refractivity contribution in [2.45, 2.75) is 39.2 Å². The van der Waals surface area contributed by atoms with Crippen molar-refractivity contribution >= 4 is 17.3 Å². The minimum atomic E-state index is 0.372. The van der Waals surface area contributed by atoms with Crippen LogP contribution in [0, 0.1) is 0 Å². The number of hydrogen-bond acceptors (Lipinski definition) is 2. The second-order valence-corrected chi connectivity index (χ2v) is 3.84. The highest BCUT2D eigenvalue weighted by molar-refractivity contribution is 7.80. The van der Waals surface area contributed by atoms with Crippen LogP contribution in [0.2, 0.25) is 0 Å². The molecule has 0 aromatic carbocycles. The zero-order chi connectivity index (χ0) is 10.8. The van der Waals surface area contributed by atoms with E-state index < -0.39 is 0 Å². The van der Waals surface area contributed by atoms with Crippen LogP contribution in [-0.4, -0.2) is 31.4 Å². The Morgan fingerprint density at radius 1 is 1.50 bits per heavy atom. The average molecular weight is 218 g/mol. The van der Waals surface area contributed by atoms with Gasteiger partial charge in [-0.15, -0.1) is 0 Å². The van der Waals surface area contributed by atoms with Gasteiger partial charge < -0.3 is 15.4 Å². The summed E-state index contributed by atoms with van der Waals surface area (Å²) in [6.07, 6.45) is 3.33. The van der Waals surface area contributed by atoms with Gasteiger partial charge in [0.05, 0.1) is 0 Å². The van der Waals surface area contributed by atoms with E-state index in [4.69, 9.17) is 17.0 Å². The number of nitrogens with one attached hydrogen (secondary N) is 2. The first-order valence-electron chi connectivity index (χ1n) is 5.24. The summed E-state index contributed by atoms with van der Waals surface area (Å²) in [6, 6.07) is 0.372. The van der Waals surface area contributed by atoms with Gasteiger partial charge in [-0.3, -0.25) is 0 Å². The maximum absolute atomic E-state index is 5.13. The molecule has 0 amide bonds. The first kappa shape index (κ1) is 13.7. The van der Waals surface area contributed by atoms with Crippen LogP contribution in [0.4, 0.5) is 0 Å². The molecule has 0 bridgehead atoms. The molecule has 0 aliphatic carbocycles. The second-order valence-electron chi connectivity index (χ2n) is 3.44. The van der Waals surface area contributed by atoms with Gasteiger partial charge in [0.1, 0.15) is 0 Å². The Kier molecular flexibility index (Phi) is 8.98. The van der Waals surface area contributed by atoms with Crippen molar-refractivity contribution in [1.82, 2.24) is 10.6 Å². The summed E-state index contributed by atoms with van der Waals surface area (Å²) in [5.74, 6) is 0. The second kappa shape index (κ2) is 9.21. The number of rotatable bonds is 7. The predicted octanol–water partition coefficient (Wildman–Crippen LogP) is 1.68. The van der Waals surface area contributed by atoms with Gasteiger partial charge in [0.2, 0.25) is 0 Å². The minimum Gasteiger partial charge on any atom is -0.385 e. The fourth-order valence-corrected chi connectivity index (χ4v) is 1.32. The van der Waals surface area contributed by atoms with Gasteiger partial charge in [-0.1, -0.05) is 13.3 Å². The van der Waals surface area contributed by atoms with Crippen LogP contribution >= 0.6 is 12.2 Å². The lowest BCUT2D eigenvalue weighted by molar-refractivity contribution is 0.187. The Labute approximate surface area is 92.6 Å². The van der Waals surface area contributed by atoms with E-state index in [1.54, 1.807) is 7.11 Å². The molecule has 0 spiro atoms. The van der Waals surface area contributed by atoms with Crippen LogP contribution < -0.4 is 10.6 Å². The van der Waals surface area contributed by atoms with Crippen LogP contribution in [0.1, 0.15) is 33.1 Å². The SMILES string of the molecule is CCCCNC(=S)NC(C)CCOC. The smallest absolute Gasteiger partial charge is 0.166 e. The fourth-order valence-electron chi connectivity index (χ4n) is 1.02.